The number of ether oxygens (including phenoxy) is 2. The summed E-state index contributed by atoms with van der Waals surface area (Å²) < 4.78 is 9.78. The van der Waals surface area contributed by atoms with Crippen LogP contribution in [-0.2, 0) is 9.47 Å². The Bertz CT molecular complexity index is 2700. The van der Waals surface area contributed by atoms with E-state index < -0.39 is 93.3 Å². The fourth-order valence-electron chi connectivity index (χ4n) is 8.78. The molecule has 456 valence electrons. The number of rotatable bonds is 18. The Morgan fingerprint density at radius 2 is 0.631 bits per heavy atom. The quantitative estimate of drug-likeness (QED) is 0.0477. The Morgan fingerprint density at radius 1 is 0.393 bits per heavy atom. The predicted molar refractivity (Wildman–Crippen MR) is 302 cm³/mol. The number of nitrogens with one attached hydrogen (secondary N) is 8. The summed E-state index contributed by atoms with van der Waals surface area (Å²) in [4.78, 5) is 108. The molecule has 0 saturated heterocycles. The summed E-state index contributed by atoms with van der Waals surface area (Å²) in [6.45, 7) is 3.44. The van der Waals surface area contributed by atoms with E-state index in [9.17, 15) is 79.2 Å². The second-order valence-corrected chi connectivity index (χ2v) is 19.3. The van der Waals surface area contributed by atoms with Gasteiger partial charge >= 0.3 is 0 Å². The molecule has 16 N–H and O–H groups in total. The summed E-state index contributed by atoms with van der Waals surface area (Å²) in [5.41, 5.74) is -2.22. The van der Waals surface area contributed by atoms with E-state index in [2.05, 4.69) is 42.5 Å². The normalized spacial score (nSPS) is 14.8. The van der Waals surface area contributed by atoms with Crippen LogP contribution in [0.3, 0.4) is 0 Å². The second-order valence-electron chi connectivity index (χ2n) is 19.3. The molecule has 0 atom stereocenters. The maximum absolute atomic E-state index is 13.2. The Hall–Kier alpha value is -9.12. The number of aromatic hydroxyl groups is 8. The predicted octanol–water partition coefficient (Wildman–Crippen LogP) is 0.521. The van der Waals surface area contributed by atoms with Crippen LogP contribution in [0.15, 0.2) is 48.5 Å². The second kappa shape index (κ2) is 33.1. The smallest absolute Gasteiger partial charge is 0.255 e. The average molecular weight is 1180 g/mol. The highest BCUT2D eigenvalue weighted by molar-refractivity contribution is 6.05. The van der Waals surface area contributed by atoms with Gasteiger partial charge in [-0.15, -0.1) is 0 Å². The number of hydrogen-bond acceptors (Lipinski definition) is 20. The number of phenols is 8. The van der Waals surface area contributed by atoms with Crippen LogP contribution in [-0.4, -0.2) is 217 Å². The number of benzene rings is 4. The molecule has 0 aliphatic carbocycles. The number of hydrogen-bond donors (Lipinski definition) is 16. The molecule has 4 heterocycles. The van der Waals surface area contributed by atoms with Gasteiger partial charge in [-0.25, -0.2) is 0 Å². The van der Waals surface area contributed by atoms with Gasteiger partial charge in [0.05, 0.1) is 57.7 Å². The zero-order valence-corrected chi connectivity index (χ0v) is 46.7. The molecular weight excluding hydrogens is 1100 g/mol. The summed E-state index contributed by atoms with van der Waals surface area (Å²) in [5, 5.41) is 107. The summed E-state index contributed by atoms with van der Waals surface area (Å²) in [6.07, 6.45) is 2.13. The van der Waals surface area contributed by atoms with Crippen LogP contribution >= 0.6 is 0 Å². The van der Waals surface area contributed by atoms with Crippen LogP contribution in [0.25, 0.3) is 0 Å². The van der Waals surface area contributed by atoms with Gasteiger partial charge in [0, 0.05) is 66.6 Å². The highest BCUT2D eigenvalue weighted by Gasteiger charge is 2.26. The van der Waals surface area contributed by atoms with Crippen LogP contribution in [0.4, 0.5) is 0 Å². The minimum atomic E-state index is -0.816. The third kappa shape index (κ3) is 18.4. The SMILES string of the molecule is COCCNC(=O)c1ccc(C(=O)NCCCN2CCCNC(=O)c3ccc(c(O)c3O)C(=O)NCCCN(CCCNC(=O)c3ccc(C(=O)NCCOC)c(O)c3O)CCCNC(=O)c3ccc(c(O)c3O)C(=O)NCCC2)c(O)c1O. The van der Waals surface area contributed by atoms with E-state index in [0.717, 1.165) is 0 Å². The first-order valence-electron chi connectivity index (χ1n) is 27.2. The average Bonchev–Trinajstić information content (AvgIpc) is 3.68. The largest absolute Gasteiger partial charge is 0.504 e. The Balaban J connectivity index is 1.22. The summed E-state index contributed by atoms with van der Waals surface area (Å²) in [7, 11) is 2.89. The van der Waals surface area contributed by atoms with Crippen LogP contribution in [0, 0.1) is 0 Å². The zero-order valence-electron chi connectivity index (χ0n) is 46.7. The molecule has 28 nitrogen and oxygen atoms in total. The molecule has 0 aromatic heterocycles. The highest BCUT2D eigenvalue weighted by Crippen LogP contribution is 2.36. The maximum Gasteiger partial charge on any atom is 0.255 e. The van der Waals surface area contributed by atoms with Gasteiger partial charge in [-0.3, -0.25) is 38.4 Å². The lowest BCUT2D eigenvalue weighted by Gasteiger charge is -2.23. The zero-order chi connectivity index (χ0) is 61.3. The van der Waals surface area contributed by atoms with E-state index in [1.54, 1.807) is 0 Å². The summed E-state index contributed by atoms with van der Waals surface area (Å²) in [5.74, 6) is -12.2. The van der Waals surface area contributed by atoms with E-state index in [1.807, 2.05) is 9.80 Å². The number of carbonyl (C=O) groups is 8. The number of carbonyl (C=O) groups excluding carboxylic acids is 8. The third-order valence-electron chi connectivity index (χ3n) is 13.4. The van der Waals surface area contributed by atoms with E-state index >= 15 is 0 Å². The monoisotopic (exact) mass is 1170 g/mol. The third-order valence-corrected chi connectivity index (χ3v) is 13.4. The molecule has 4 aromatic carbocycles. The molecule has 0 fully saturated rings. The van der Waals surface area contributed by atoms with E-state index in [-0.39, 0.29) is 110 Å². The van der Waals surface area contributed by atoms with E-state index in [1.165, 1.54) is 62.8 Å². The van der Waals surface area contributed by atoms with Gasteiger partial charge in [-0.1, -0.05) is 0 Å². The van der Waals surface area contributed by atoms with Gasteiger partial charge < -0.3 is 103 Å². The van der Waals surface area contributed by atoms with Crippen molar-refractivity contribution >= 4 is 47.3 Å². The lowest BCUT2D eigenvalue weighted by molar-refractivity contribution is 0.0923. The van der Waals surface area contributed by atoms with Crippen molar-refractivity contribution in [1.29, 1.82) is 0 Å². The topological polar surface area (TPSA) is 420 Å². The first-order valence-corrected chi connectivity index (χ1v) is 27.2. The Labute approximate surface area is 483 Å². The van der Waals surface area contributed by atoms with Crippen molar-refractivity contribution in [2.24, 2.45) is 0 Å². The molecule has 0 saturated carbocycles. The minimum Gasteiger partial charge on any atom is -0.504 e. The fraction of sp³-hybridized carbons (Fsp3) is 0.429. The molecule has 4 aliphatic heterocycles. The van der Waals surface area contributed by atoms with Gasteiger partial charge in [-0.2, -0.15) is 0 Å². The molecule has 28 heteroatoms. The number of amides is 8. The van der Waals surface area contributed by atoms with Crippen molar-refractivity contribution in [3.8, 4) is 46.0 Å². The summed E-state index contributed by atoms with van der Waals surface area (Å²) in [6, 6.07) is 9.58. The number of phenolic OH excluding ortho intramolecular Hbond substituents is 8. The van der Waals surface area contributed by atoms with Crippen molar-refractivity contribution in [2.45, 2.75) is 38.5 Å². The lowest BCUT2D eigenvalue weighted by atomic mass is 10.1. The van der Waals surface area contributed by atoms with Crippen LogP contribution in [0.1, 0.15) is 121 Å². The van der Waals surface area contributed by atoms with Crippen molar-refractivity contribution in [1.82, 2.24) is 52.3 Å². The maximum atomic E-state index is 13.2. The van der Waals surface area contributed by atoms with Gasteiger partial charge in [0.25, 0.3) is 47.3 Å². The molecule has 0 spiro atoms. The molecule has 4 aliphatic rings. The van der Waals surface area contributed by atoms with E-state index in [0.29, 0.717) is 77.8 Å². The first kappa shape index (κ1) is 65.7. The standard InChI is InChI=1S/C56H74N10O18/c1-83-31-23-63-55(81)39-15-13-37(45(71)47(39)73)53(79)61-21-7-29-65-25-3-17-57-49(75)33-9-11-35(43(69)41(33)67)51(77)59-19-5-27-66(28-6-20-60-52(78)36-12-10-34(42(68)44(36)70)50(76)58-18-4-26-65)30-8-22-62-54(80)38-14-16-40(48(74)46(38)72)56(82)64-24-32-84-2/h9-16,67-74H,3-8,17-32H2,1-2H3,(H,57,75)(H,58,76)(H,59,77)(H,60,78)(H,61,79)(H,62,80)(H,63,81)(H,64,82). The molecular formula is C56H74N10O18. The summed E-state index contributed by atoms with van der Waals surface area (Å²) >= 11 is 0. The molecule has 4 bridgehead atoms. The van der Waals surface area contributed by atoms with Gasteiger partial charge in [0.2, 0.25) is 0 Å². The number of methoxy groups -OCH3 is 2. The highest BCUT2D eigenvalue weighted by atomic mass is 16.5. The van der Waals surface area contributed by atoms with Crippen LogP contribution < -0.4 is 42.5 Å². The van der Waals surface area contributed by atoms with Crippen molar-refractivity contribution in [3.05, 3.63) is 93.0 Å². The molecule has 8 amide bonds. The first-order chi connectivity index (χ1) is 40.3. The molecule has 0 radical (unpaired) electrons. The molecule has 4 aromatic rings. The molecule has 8 rings (SSSR count). The lowest BCUT2D eigenvalue weighted by Crippen LogP contribution is -2.35. The minimum absolute atomic E-state index is 0.0834. The molecule has 0 unspecified atom stereocenters. The van der Waals surface area contributed by atoms with Crippen LogP contribution in [0.5, 0.6) is 46.0 Å². The Morgan fingerprint density at radius 3 is 0.869 bits per heavy atom. The fourth-order valence-corrected chi connectivity index (χ4v) is 8.78. The van der Waals surface area contributed by atoms with Gasteiger partial charge in [0.15, 0.2) is 46.0 Å². The Kier molecular flexibility index (Phi) is 25.9. The van der Waals surface area contributed by atoms with Crippen LogP contribution in [0.2, 0.25) is 0 Å². The van der Waals surface area contributed by atoms with Gasteiger partial charge in [-0.05, 0) is 126 Å². The number of nitrogens with zero attached hydrogens (tertiary/aromatic N) is 2. The van der Waals surface area contributed by atoms with E-state index in [4.69, 9.17) is 9.47 Å². The van der Waals surface area contributed by atoms with Crippen molar-refractivity contribution in [2.75, 3.05) is 119 Å². The molecule has 84 heavy (non-hydrogen) atoms. The van der Waals surface area contributed by atoms with Gasteiger partial charge in [0.1, 0.15) is 0 Å². The van der Waals surface area contributed by atoms with Crippen molar-refractivity contribution in [3.63, 3.8) is 0 Å². The van der Waals surface area contributed by atoms with Crippen molar-refractivity contribution < 1.29 is 88.7 Å².